The minimum Gasteiger partial charge on any atom is -0.493 e. The monoisotopic (exact) mass is 442 g/mol. The molecule has 2 aliphatic rings. The zero-order valence-electron chi connectivity index (χ0n) is 16.4. The van der Waals surface area contributed by atoms with Crippen LogP contribution in [0.1, 0.15) is 11.7 Å². The molecule has 0 radical (unpaired) electrons. The number of halogens is 1. The summed E-state index contributed by atoms with van der Waals surface area (Å²) < 4.78 is 10.8. The number of carbonyl (C=O) groups is 1. The molecular formula is C21H19ClN4O3S. The van der Waals surface area contributed by atoms with E-state index in [2.05, 4.69) is 17.0 Å². The van der Waals surface area contributed by atoms with Gasteiger partial charge in [-0.3, -0.25) is 15.1 Å². The van der Waals surface area contributed by atoms with Crippen molar-refractivity contribution in [2.75, 3.05) is 20.0 Å². The van der Waals surface area contributed by atoms with E-state index >= 15 is 0 Å². The number of hydrogen-bond acceptors (Lipinski definition) is 7. The molecule has 9 heteroatoms. The number of fused-ring (bicyclic) bond motifs is 2. The molecule has 1 amide bonds. The van der Waals surface area contributed by atoms with E-state index < -0.39 is 6.17 Å². The Balaban J connectivity index is 1.93. The van der Waals surface area contributed by atoms with E-state index in [1.807, 2.05) is 24.3 Å². The lowest BCUT2D eigenvalue weighted by atomic mass is 10.1. The van der Waals surface area contributed by atoms with E-state index in [1.54, 1.807) is 37.4 Å². The lowest BCUT2D eigenvalue weighted by molar-refractivity contribution is -0.116. The topological polar surface area (TPSA) is 75.5 Å². The van der Waals surface area contributed by atoms with Gasteiger partial charge in [-0.1, -0.05) is 47.6 Å². The van der Waals surface area contributed by atoms with Crippen molar-refractivity contribution in [3.8, 4) is 11.5 Å². The molecule has 0 fully saturated rings. The zero-order chi connectivity index (χ0) is 21.3. The van der Waals surface area contributed by atoms with Crippen LogP contribution in [0.2, 0.25) is 5.02 Å². The Morgan fingerprint density at radius 3 is 2.73 bits per heavy atom. The highest BCUT2D eigenvalue weighted by molar-refractivity contribution is 8.14. The number of ether oxygens (including phenoxy) is 2. The summed E-state index contributed by atoms with van der Waals surface area (Å²) in [5, 5.41) is 11.4. The van der Waals surface area contributed by atoms with Crippen LogP contribution in [-0.2, 0) is 4.79 Å². The van der Waals surface area contributed by atoms with Crippen LogP contribution in [0.5, 0.6) is 11.5 Å². The second-order valence-corrected chi connectivity index (χ2v) is 7.82. The van der Waals surface area contributed by atoms with Gasteiger partial charge in [-0.05, 0) is 12.1 Å². The van der Waals surface area contributed by atoms with Crippen LogP contribution < -0.4 is 25.4 Å². The molecule has 0 saturated heterocycles. The molecule has 1 N–H and O–H groups in total. The van der Waals surface area contributed by atoms with Gasteiger partial charge in [0.25, 0.3) is 5.91 Å². The maximum atomic E-state index is 13.0. The quantitative estimate of drug-likeness (QED) is 0.720. The number of nitrogens with one attached hydrogen (secondary N) is 1. The van der Waals surface area contributed by atoms with E-state index in [0.717, 1.165) is 0 Å². The SMILES string of the molecule is C=CCSC1=NN2C(=c3ccccc3=N[C@@H]2c2cc(OC)c(OC)cc2Cl)C(=O)N1. The van der Waals surface area contributed by atoms with Crippen LogP contribution in [0, 0.1) is 0 Å². The molecule has 0 aromatic heterocycles. The number of benzene rings is 2. The maximum absolute atomic E-state index is 13.0. The predicted octanol–water partition coefficient (Wildman–Crippen LogP) is 2.42. The number of amides is 1. The summed E-state index contributed by atoms with van der Waals surface area (Å²) in [6.07, 6.45) is 1.10. The van der Waals surface area contributed by atoms with Crippen LogP contribution in [-0.4, -0.2) is 36.1 Å². The van der Waals surface area contributed by atoms with Gasteiger partial charge in [0, 0.05) is 22.6 Å². The van der Waals surface area contributed by atoms with Crippen molar-refractivity contribution in [2.24, 2.45) is 10.1 Å². The van der Waals surface area contributed by atoms with Gasteiger partial charge >= 0.3 is 0 Å². The standard InChI is InChI=1S/C21H19ClN4O3S/c1-4-9-30-21-24-20(27)18-12-7-5-6-8-15(12)23-19(26(18)25-21)13-10-16(28-2)17(29-3)11-14(13)22/h4-8,10-11,19H,1,9H2,2-3H3,(H,24,25,27)/t19-/m0/s1. The Kier molecular flexibility index (Phi) is 5.69. The molecule has 0 bridgehead atoms. The fourth-order valence-corrected chi connectivity index (χ4v) is 4.14. The number of carbonyl (C=O) groups excluding carboxylic acids is 1. The van der Waals surface area contributed by atoms with E-state index in [-0.39, 0.29) is 5.91 Å². The number of para-hydroxylation sites is 1. The maximum Gasteiger partial charge on any atom is 0.276 e. The third-order valence-electron chi connectivity index (χ3n) is 4.63. The Morgan fingerprint density at radius 2 is 2.00 bits per heavy atom. The number of methoxy groups -OCH3 is 2. The van der Waals surface area contributed by atoms with Crippen molar-refractivity contribution >= 4 is 40.1 Å². The second kappa shape index (κ2) is 8.41. The van der Waals surface area contributed by atoms with Gasteiger partial charge in [0.1, 0.15) is 5.70 Å². The largest absolute Gasteiger partial charge is 0.493 e. The normalized spacial score (nSPS) is 17.2. The van der Waals surface area contributed by atoms with Crippen LogP contribution in [0.15, 0.2) is 59.1 Å². The van der Waals surface area contributed by atoms with Crippen LogP contribution in [0.4, 0.5) is 0 Å². The Hall–Kier alpha value is -2.97. The number of amidine groups is 1. The first-order valence-electron chi connectivity index (χ1n) is 9.09. The van der Waals surface area contributed by atoms with Crippen LogP contribution in [0.25, 0.3) is 5.70 Å². The molecule has 154 valence electrons. The molecule has 2 aliphatic heterocycles. The molecule has 4 rings (SSSR count). The van der Waals surface area contributed by atoms with Crippen molar-refractivity contribution in [3.05, 3.63) is 70.2 Å². The smallest absolute Gasteiger partial charge is 0.276 e. The Bertz CT molecular complexity index is 1180. The molecule has 2 aromatic rings. The van der Waals surface area contributed by atoms with Crippen LogP contribution >= 0.6 is 23.4 Å². The number of thioether (sulfide) groups is 1. The number of rotatable bonds is 5. The third-order valence-corrected chi connectivity index (χ3v) is 5.82. The van der Waals surface area contributed by atoms with Crippen molar-refractivity contribution in [1.29, 1.82) is 0 Å². The Labute approximate surface area is 182 Å². The molecule has 1 atom stereocenters. The first-order chi connectivity index (χ1) is 14.6. The summed E-state index contributed by atoms with van der Waals surface area (Å²) in [7, 11) is 3.10. The lowest BCUT2D eigenvalue weighted by Crippen LogP contribution is -2.50. The Morgan fingerprint density at radius 1 is 1.27 bits per heavy atom. The molecular weight excluding hydrogens is 424 g/mol. The molecule has 0 aliphatic carbocycles. The summed E-state index contributed by atoms with van der Waals surface area (Å²) in [5.41, 5.74) is 1.06. The highest BCUT2D eigenvalue weighted by Gasteiger charge is 2.35. The highest BCUT2D eigenvalue weighted by Crippen LogP contribution is 2.40. The molecule has 0 unspecified atom stereocenters. The number of nitrogens with zero attached hydrogens (tertiary/aromatic N) is 3. The van der Waals surface area contributed by atoms with Gasteiger partial charge in [-0.2, -0.15) is 0 Å². The van der Waals surface area contributed by atoms with Gasteiger partial charge in [-0.15, -0.1) is 11.7 Å². The molecule has 0 saturated carbocycles. The fraction of sp³-hybridized carbons (Fsp3) is 0.190. The lowest BCUT2D eigenvalue weighted by Gasteiger charge is -2.34. The average Bonchev–Trinajstić information content (AvgIpc) is 2.76. The fourth-order valence-electron chi connectivity index (χ4n) is 3.30. The minimum atomic E-state index is -0.646. The van der Waals surface area contributed by atoms with Crippen molar-refractivity contribution in [2.45, 2.75) is 6.17 Å². The summed E-state index contributed by atoms with van der Waals surface area (Å²) in [4.78, 5) is 17.9. The van der Waals surface area contributed by atoms with Crippen LogP contribution in [0.3, 0.4) is 0 Å². The molecule has 7 nitrogen and oxygen atoms in total. The van der Waals surface area contributed by atoms with Crippen molar-refractivity contribution in [3.63, 3.8) is 0 Å². The molecule has 30 heavy (non-hydrogen) atoms. The summed E-state index contributed by atoms with van der Waals surface area (Å²) in [5.74, 6) is 1.38. The number of hydrazone groups is 1. The van der Waals surface area contributed by atoms with E-state index in [9.17, 15) is 4.79 Å². The minimum absolute atomic E-state index is 0.250. The van der Waals surface area contributed by atoms with E-state index in [4.69, 9.17) is 26.1 Å². The van der Waals surface area contributed by atoms with E-state index in [0.29, 0.717) is 49.3 Å². The zero-order valence-corrected chi connectivity index (χ0v) is 18.0. The molecule has 2 aromatic carbocycles. The molecule has 2 heterocycles. The summed E-state index contributed by atoms with van der Waals surface area (Å²) >= 11 is 7.97. The third kappa shape index (κ3) is 3.53. The van der Waals surface area contributed by atoms with Gasteiger partial charge in [-0.25, -0.2) is 5.01 Å². The predicted molar refractivity (Wildman–Crippen MR) is 118 cm³/mol. The average molecular weight is 443 g/mol. The van der Waals surface area contributed by atoms with Crippen molar-refractivity contribution in [1.82, 2.24) is 10.3 Å². The van der Waals surface area contributed by atoms with Gasteiger partial charge in [0.2, 0.25) is 0 Å². The summed E-state index contributed by atoms with van der Waals surface area (Å²) in [6, 6.07) is 10.9. The van der Waals surface area contributed by atoms with Gasteiger partial charge < -0.3 is 9.47 Å². The highest BCUT2D eigenvalue weighted by atomic mass is 35.5. The van der Waals surface area contributed by atoms with E-state index in [1.165, 1.54) is 11.8 Å². The second-order valence-electron chi connectivity index (χ2n) is 6.40. The number of hydrogen-bond donors (Lipinski definition) is 1. The van der Waals surface area contributed by atoms with Gasteiger partial charge in [0.15, 0.2) is 22.8 Å². The first-order valence-corrected chi connectivity index (χ1v) is 10.4. The first kappa shape index (κ1) is 20.3. The van der Waals surface area contributed by atoms with Crippen molar-refractivity contribution < 1.29 is 14.3 Å². The van der Waals surface area contributed by atoms with Gasteiger partial charge in [0.05, 0.1) is 24.6 Å². The summed E-state index contributed by atoms with van der Waals surface area (Å²) in [6.45, 7) is 3.72. The molecule has 0 spiro atoms.